The van der Waals surface area contributed by atoms with E-state index in [9.17, 15) is 0 Å². The fraction of sp³-hybridized carbons (Fsp3) is 0.286. The summed E-state index contributed by atoms with van der Waals surface area (Å²) in [4.78, 5) is 0. The van der Waals surface area contributed by atoms with Gasteiger partial charge in [0.05, 0.1) is 6.04 Å². The van der Waals surface area contributed by atoms with E-state index in [2.05, 4.69) is 69.2 Å². The van der Waals surface area contributed by atoms with Crippen LogP contribution in [-0.4, -0.2) is 6.54 Å². The van der Waals surface area contributed by atoms with Gasteiger partial charge in [0.25, 0.3) is 0 Å². The van der Waals surface area contributed by atoms with E-state index in [1.165, 1.54) is 11.1 Å². The second kappa shape index (κ2) is 6.04. The first-order valence-corrected chi connectivity index (χ1v) is 7.45. The van der Waals surface area contributed by atoms with Gasteiger partial charge >= 0.3 is 0 Å². The SMILES string of the molecule is CCNC(c1ccc(Br)o1)c1cccc(Br)c1C. The number of furan rings is 1. The van der Waals surface area contributed by atoms with E-state index in [-0.39, 0.29) is 6.04 Å². The van der Waals surface area contributed by atoms with Crippen molar-refractivity contribution in [1.82, 2.24) is 5.32 Å². The molecule has 2 rings (SSSR count). The van der Waals surface area contributed by atoms with Crippen LogP contribution < -0.4 is 5.32 Å². The summed E-state index contributed by atoms with van der Waals surface area (Å²) in [5.41, 5.74) is 2.46. The van der Waals surface area contributed by atoms with E-state index in [0.29, 0.717) is 0 Å². The van der Waals surface area contributed by atoms with Crippen LogP contribution in [0.3, 0.4) is 0 Å². The van der Waals surface area contributed by atoms with E-state index < -0.39 is 0 Å². The van der Waals surface area contributed by atoms with Crippen molar-refractivity contribution in [2.75, 3.05) is 6.54 Å². The number of hydrogen-bond donors (Lipinski definition) is 1. The Labute approximate surface area is 124 Å². The maximum Gasteiger partial charge on any atom is 0.169 e. The third kappa shape index (κ3) is 2.87. The molecule has 0 spiro atoms. The fourth-order valence-corrected chi connectivity index (χ4v) is 2.69. The highest BCUT2D eigenvalue weighted by atomic mass is 79.9. The zero-order chi connectivity index (χ0) is 13.1. The first-order valence-electron chi connectivity index (χ1n) is 5.87. The lowest BCUT2D eigenvalue weighted by molar-refractivity contribution is 0.437. The van der Waals surface area contributed by atoms with Gasteiger partial charge in [0.15, 0.2) is 4.67 Å². The number of nitrogens with one attached hydrogen (secondary N) is 1. The van der Waals surface area contributed by atoms with Crippen LogP contribution in [0.2, 0.25) is 0 Å². The van der Waals surface area contributed by atoms with Crippen LogP contribution in [0.1, 0.15) is 29.9 Å². The summed E-state index contributed by atoms with van der Waals surface area (Å²) in [5.74, 6) is 0.921. The monoisotopic (exact) mass is 371 g/mol. The van der Waals surface area contributed by atoms with Crippen molar-refractivity contribution in [2.45, 2.75) is 19.9 Å². The maximum atomic E-state index is 5.69. The molecule has 1 aromatic carbocycles. The van der Waals surface area contributed by atoms with Gasteiger partial charge in [0.2, 0.25) is 0 Å². The van der Waals surface area contributed by atoms with Crippen molar-refractivity contribution in [3.8, 4) is 0 Å². The van der Waals surface area contributed by atoms with Gasteiger partial charge in [-0.1, -0.05) is 35.0 Å². The number of rotatable bonds is 4. The van der Waals surface area contributed by atoms with Gasteiger partial charge in [-0.05, 0) is 58.7 Å². The van der Waals surface area contributed by atoms with Gasteiger partial charge in [-0.2, -0.15) is 0 Å². The summed E-state index contributed by atoms with van der Waals surface area (Å²) in [6, 6.07) is 10.2. The Kier molecular flexibility index (Phi) is 4.65. The van der Waals surface area contributed by atoms with Crippen LogP contribution in [-0.2, 0) is 0 Å². The zero-order valence-corrected chi connectivity index (χ0v) is 13.5. The predicted octanol–water partition coefficient (Wildman–Crippen LogP) is 4.81. The van der Waals surface area contributed by atoms with E-state index in [0.717, 1.165) is 21.4 Å². The Morgan fingerprint density at radius 2 is 2.00 bits per heavy atom. The molecule has 1 aromatic heterocycles. The molecule has 1 N–H and O–H groups in total. The third-order valence-corrected chi connectivity index (χ3v) is 4.19. The molecular weight excluding hydrogens is 358 g/mol. The highest BCUT2D eigenvalue weighted by Crippen LogP contribution is 2.30. The predicted molar refractivity (Wildman–Crippen MR) is 80.8 cm³/mol. The van der Waals surface area contributed by atoms with Crippen molar-refractivity contribution in [2.24, 2.45) is 0 Å². The van der Waals surface area contributed by atoms with Crippen LogP contribution in [0.5, 0.6) is 0 Å². The van der Waals surface area contributed by atoms with Crippen LogP contribution in [0.4, 0.5) is 0 Å². The molecule has 4 heteroatoms. The average Bonchev–Trinajstić information content (AvgIpc) is 2.77. The van der Waals surface area contributed by atoms with Gasteiger partial charge in [0.1, 0.15) is 5.76 Å². The van der Waals surface area contributed by atoms with Gasteiger partial charge in [-0.3, -0.25) is 0 Å². The maximum absolute atomic E-state index is 5.69. The zero-order valence-electron chi connectivity index (χ0n) is 10.3. The number of halogens is 2. The lowest BCUT2D eigenvalue weighted by atomic mass is 9.99. The summed E-state index contributed by atoms with van der Waals surface area (Å²) >= 11 is 6.93. The molecule has 0 fully saturated rings. The minimum atomic E-state index is 0.0822. The van der Waals surface area contributed by atoms with E-state index in [4.69, 9.17) is 4.42 Å². The van der Waals surface area contributed by atoms with Crippen molar-refractivity contribution in [3.63, 3.8) is 0 Å². The Balaban J connectivity index is 2.44. The highest BCUT2D eigenvalue weighted by molar-refractivity contribution is 9.10. The molecule has 0 saturated heterocycles. The Morgan fingerprint density at radius 3 is 2.61 bits per heavy atom. The van der Waals surface area contributed by atoms with Crippen LogP contribution in [0.15, 0.2) is 43.9 Å². The van der Waals surface area contributed by atoms with Crippen LogP contribution >= 0.6 is 31.9 Å². The minimum absolute atomic E-state index is 0.0822. The van der Waals surface area contributed by atoms with Gasteiger partial charge < -0.3 is 9.73 Å². The summed E-state index contributed by atoms with van der Waals surface area (Å²) in [5, 5.41) is 3.46. The molecule has 0 amide bonds. The van der Waals surface area contributed by atoms with Gasteiger partial charge in [-0.25, -0.2) is 0 Å². The van der Waals surface area contributed by atoms with E-state index in [1.807, 2.05) is 12.1 Å². The average molecular weight is 373 g/mol. The molecule has 0 aliphatic rings. The second-order valence-electron chi connectivity index (χ2n) is 4.09. The first kappa shape index (κ1) is 13.8. The van der Waals surface area contributed by atoms with E-state index in [1.54, 1.807) is 0 Å². The van der Waals surface area contributed by atoms with Crippen molar-refractivity contribution >= 4 is 31.9 Å². The molecule has 0 saturated carbocycles. The molecule has 0 aliphatic heterocycles. The molecule has 2 nitrogen and oxygen atoms in total. The largest absolute Gasteiger partial charge is 0.452 e. The molecule has 1 unspecified atom stereocenters. The first-order chi connectivity index (χ1) is 8.63. The van der Waals surface area contributed by atoms with E-state index >= 15 is 0 Å². The van der Waals surface area contributed by atoms with Crippen molar-refractivity contribution < 1.29 is 4.42 Å². The summed E-state index contributed by atoms with van der Waals surface area (Å²) in [6.07, 6.45) is 0. The molecule has 18 heavy (non-hydrogen) atoms. The molecular formula is C14H15Br2NO. The number of benzene rings is 1. The van der Waals surface area contributed by atoms with Gasteiger partial charge in [0, 0.05) is 4.47 Å². The molecule has 1 atom stereocenters. The standard InChI is InChI=1S/C14H15Br2NO/c1-3-17-14(12-7-8-13(16)18-12)10-5-4-6-11(15)9(10)2/h4-8,14,17H,3H2,1-2H3. The topological polar surface area (TPSA) is 25.2 Å². The molecule has 0 radical (unpaired) electrons. The molecule has 0 aliphatic carbocycles. The lowest BCUT2D eigenvalue weighted by Crippen LogP contribution is -2.22. The summed E-state index contributed by atoms with van der Waals surface area (Å²) < 4.78 is 7.56. The summed E-state index contributed by atoms with van der Waals surface area (Å²) in [6.45, 7) is 5.09. The van der Waals surface area contributed by atoms with Crippen LogP contribution in [0, 0.1) is 6.92 Å². The fourth-order valence-electron chi connectivity index (χ4n) is 1.99. The molecule has 0 bridgehead atoms. The number of hydrogen-bond acceptors (Lipinski definition) is 2. The smallest absolute Gasteiger partial charge is 0.169 e. The third-order valence-electron chi connectivity index (χ3n) is 2.91. The Bertz CT molecular complexity index is 536. The minimum Gasteiger partial charge on any atom is -0.452 e. The normalized spacial score (nSPS) is 12.7. The van der Waals surface area contributed by atoms with Crippen LogP contribution in [0.25, 0.3) is 0 Å². The van der Waals surface area contributed by atoms with Gasteiger partial charge in [-0.15, -0.1) is 0 Å². The Morgan fingerprint density at radius 1 is 1.22 bits per heavy atom. The molecule has 96 valence electrons. The highest BCUT2D eigenvalue weighted by Gasteiger charge is 2.19. The molecule has 1 heterocycles. The second-order valence-corrected chi connectivity index (χ2v) is 5.72. The van der Waals surface area contributed by atoms with Crippen molar-refractivity contribution in [1.29, 1.82) is 0 Å². The summed E-state index contributed by atoms with van der Waals surface area (Å²) in [7, 11) is 0. The molecule has 2 aromatic rings. The Hall–Kier alpha value is -0.580. The van der Waals surface area contributed by atoms with Crippen molar-refractivity contribution in [3.05, 3.63) is 56.4 Å². The quantitative estimate of drug-likeness (QED) is 0.832. The lowest BCUT2D eigenvalue weighted by Gasteiger charge is -2.19.